The van der Waals surface area contributed by atoms with E-state index in [1.54, 1.807) is 0 Å². The third kappa shape index (κ3) is 3.18. The molecule has 0 rings (SSSR count). The summed E-state index contributed by atoms with van der Waals surface area (Å²) in [5.41, 5.74) is 0. The second kappa shape index (κ2) is 5.40. The summed E-state index contributed by atoms with van der Waals surface area (Å²) in [6, 6.07) is 0. The molecule has 0 N–H and O–H groups in total. The molecule has 0 spiro atoms. The van der Waals surface area contributed by atoms with Gasteiger partial charge in [-0.1, -0.05) is 45.7 Å². The van der Waals surface area contributed by atoms with Crippen LogP contribution in [0, 0.1) is 0 Å². The lowest BCUT2D eigenvalue weighted by Gasteiger charge is -2.06. The Morgan fingerprint density at radius 1 is 1.25 bits per heavy atom. The summed E-state index contributed by atoms with van der Waals surface area (Å²) in [6.07, 6.45) is 1.26. The Morgan fingerprint density at radius 2 is 1.75 bits per heavy atom. The van der Waals surface area contributed by atoms with Crippen LogP contribution in [0.2, 0.25) is 0 Å². The van der Waals surface area contributed by atoms with Gasteiger partial charge >= 0.3 is 0 Å². The van der Waals surface area contributed by atoms with E-state index in [2.05, 4.69) is 31.9 Å². The zero-order valence-electron chi connectivity index (χ0n) is 7.10. The van der Waals surface area contributed by atoms with E-state index in [-0.39, 0.29) is 4.66 Å². The van der Waals surface area contributed by atoms with Crippen molar-refractivity contribution in [3.05, 3.63) is 9.39 Å². The van der Waals surface area contributed by atoms with E-state index in [1.807, 2.05) is 13.8 Å². The van der Waals surface area contributed by atoms with Crippen molar-refractivity contribution in [1.82, 2.24) is 0 Å². The number of allylic oxidation sites excluding steroid dienone is 2. The van der Waals surface area contributed by atoms with Crippen molar-refractivity contribution in [2.24, 2.45) is 0 Å². The number of sulfone groups is 1. The van der Waals surface area contributed by atoms with Crippen molar-refractivity contribution < 1.29 is 8.42 Å². The van der Waals surface area contributed by atoms with E-state index in [0.29, 0.717) is 11.3 Å². The largest absolute Gasteiger partial charge is 0.223 e. The van der Waals surface area contributed by atoms with Gasteiger partial charge < -0.3 is 0 Å². The first-order valence-electron chi connectivity index (χ1n) is 3.65. The number of alkyl halides is 1. The molecule has 0 amide bonds. The summed E-state index contributed by atoms with van der Waals surface area (Å²) in [6.45, 7) is 3.76. The minimum Gasteiger partial charge on any atom is -0.223 e. The smallest absolute Gasteiger partial charge is 0.185 e. The molecule has 0 saturated carbocycles. The quantitative estimate of drug-likeness (QED) is 0.746. The molecule has 0 atom stereocenters. The Labute approximate surface area is 90.6 Å². The first kappa shape index (κ1) is 12.7. The van der Waals surface area contributed by atoms with E-state index < -0.39 is 9.84 Å². The highest BCUT2D eigenvalue weighted by molar-refractivity contribution is 9.12. The molecule has 12 heavy (non-hydrogen) atoms. The second-order valence-electron chi connectivity index (χ2n) is 2.26. The molecular formula is C7H12Br2O2S. The van der Waals surface area contributed by atoms with Crippen molar-refractivity contribution in [3.8, 4) is 0 Å². The van der Waals surface area contributed by atoms with Crippen molar-refractivity contribution in [3.63, 3.8) is 0 Å². The van der Waals surface area contributed by atoms with Crippen LogP contribution < -0.4 is 0 Å². The van der Waals surface area contributed by atoms with Gasteiger partial charge in [-0.15, -0.1) is 0 Å². The van der Waals surface area contributed by atoms with Gasteiger partial charge in [-0.2, -0.15) is 0 Å². The molecule has 0 heterocycles. The molecule has 0 fully saturated rings. The summed E-state index contributed by atoms with van der Waals surface area (Å²) >= 11 is 6.23. The fourth-order valence-electron chi connectivity index (χ4n) is 0.843. The van der Waals surface area contributed by atoms with Crippen molar-refractivity contribution in [1.29, 1.82) is 0 Å². The van der Waals surface area contributed by atoms with E-state index in [1.165, 1.54) is 0 Å². The third-order valence-corrected chi connectivity index (χ3v) is 6.14. The maximum atomic E-state index is 11.4. The summed E-state index contributed by atoms with van der Waals surface area (Å²) in [7, 11) is -3.07. The lowest BCUT2D eigenvalue weighted by atomic mass is 10.3. The summed E-state index contributed by atoms with van der Waals surface area (Å²) < 4.78 is 23.6. The number of rotatable bonds is 4. The Morgan fingerprint density at radius 3 is 2.00 bits per heavy atom. The zero-order valence-corrected chi connectivity index (χ0v) is 11.1. The summed E-state index contributed by atoms with van der Waals surface area (Å²) in [5.74, 6) is 0. The average molecular weight is 320 g/mol. The Bertz CT molecular complexity index is 267. The fraction of sp³-hybridized carbons (Fsp3) is 0.714. The molecule has 0 saturated heterocycles. The molecule has 72 valence electrons. The Kier molecular flexibility index (Phi) is 5.69. The first-order chi connectivity index (χ1) is 5.49. The fourth-order valence-corrected chi connectivity index (χ4v) is 3.75. The number of hydrogen-bond donors (Lipinski definition) is 0. The van der Waals surface area contributed by atoms with Gasteiger partial charge in [-0.05, 0) is 12.8 Å². The van der Waals surface area contributed by atoms with Crippen molar-refractivity contribution >= 4 is 41.7 Å². The SMILES string of the molecule is CCC(Br)=C(CC)S(=O)(=O)CBr. The standard InChI is InChI=1S/C7H12Br2O2S/c1-3-6(9)7(4-2)12(10,11)5-8/h3-5H2,1-2H3. The highest BCUT2D eigenvalue weighted by atomic mass is 79.9. The predicted molar refractivity (Wildman–Crippen MR) is 59.2 cm³/mol. The lowest BCUT2D eigenvalue weighted by molar-refractivity contribution is 0.605. The van der Waals surface area contributed by atoms with Crippen LogP contribution in [-0.2, 0) is 9.84 Å². The third-order valence-electron chi connectivity index (χ3n) is 1.45. The van der Waals surface area contributed by atoms with Gasteiger partial charge in [0, 0.05) is 4.48 Å². The molecule has 2 nitrogen and oxygen atoms in total. The van der Waals surface area contributed by atoms with Crippen molar-refractivity contribution in [2.45, 2.75) is 26.7 Å². The predicted octanol–water partition coefficient (Wildman–Crippen LogP) is 3.18. The van der Waals surface area contributed by atoms with Crippen LogP contribution in [0.3, 0.4) is 0 Å². The second-order valence-corrected chi connectivity index (χ2v) is 6.53. The summed E-state index contributed by atoms with van der Waals surface area (Å²) in [5, 5.41) is 0. The molecular weight excluding hydrogens is 308 g/mol. The molecule has 0 aliphatic rings. The van der Waals surface area contributed by atoms with Crippen LogP contribution in [-0.4, -0.2) is 13.1 Å². The minimum absolute atomic E-state index is 0.00171. The van der Waals surface area contributed by atoms with Gasteiger partial charge in [-0.3, -0.25) is 0 Å². The van der Waals surface area contributed by atoms with Crippen LogP contribution >= 0.6 is 31.9 Å². The van der Waals surface area contributed by atoms with Gasteiger partial charge in [-0.25, -0.2) is 8.42 Å². The molecule has 0 unspecified atom stereocenters. The van der Waals surface area contributed by atoms with Crippen LogP contribution in [0.4, 0.5) is 0 Å². The maximum Gasteiger partial charge on any atom is 0.185 e. The van der Waals surface area contributed by atoms with Gasteiger partial charge in [0.25, 0.3) is 0 Å². The van der Waals surface area contributed by atoms with E-state index >= 15 is 0 Å². The molecule has 0 aliphatic heterocycles. The van der Waals surface area contributed by atoms with Crippen LogP contribution in [0.5, 0.6) is 0 Å². The Hall–Kier alpha value is 0.650. The number of halogens is 2. The first-order valence-corrected chi connectivity index (χ1v) is 7.22. The lowest BCUT2D eigenvalue weighted by Crippen LogP contribution is -2.05. The monoisotopic (exact) mass is 318 g/mol. The topological polar surface area (TPSA) is 34.1 Å². The molecule has 0 radical (unpaired) electrons. The van der Waals surface area contributed by atoms with E-state index in [0.717, 1.165) is 10.9 Å². The molecule has 5 heteroatoms. The van der Waals surface area contributed by atoms with Gasteiger partial charge in [0.1, 0.15) is 4.66 Å². The van der Waals surface area contributed by atoms with Crippen LogP contribution in [0.25, 0.3) is 0 Å². The van der Waals surface area contributed by atoms with E-state index in [9.17, 15) is 8.42 Å². The van der Waals surface area contributed by atoms with E-state index in [4.69, 9.17) is 0 Å². The maximum absolute atomic E-state index is 11.4. The van der Waals surface area contributed by atoms with Crippen molar-refractivity contribution in [2.75, 3.05) is 4.66 Å². The average Bonchev–Trinajstić information content (AvgIpc) is 2.05. The van der Waals surface area contributed by atoms with Gasteiger partial charge in [0.05, 0.1) is 4.91 Å². The number of hydrogen-bond acceptors (Lipinski definition) is 2. The van der Waals surface area contributed by atoms with Gasteiger partial charge in [0.15, 0.2) is 9.84 Å². The Balaban J connectivity index is 5.06. The summed E-state index contributed by atoms with van der Waals surface area (Å²) in [4.78, 5) is 0.502. The molecule has 0 aliphatic carbocycles. The highest BCUT2D eigenvalue weighted by Gasteiger charge is 2.16. The molecule has 0 bridgehead atoms. The molecule has 0 aromatic heterocycles. The van der Waals surface area contributed by atoms with Crippen LogP contribution in [0.15, 0.2) is 9.39 Å². The molecule has 0 aromatic carbocycles. The molecule has 0 aromatic rings. The zero-order chi connectivity index (χ0) is 9.78. The van der Waals surface area contributed by atoms with Crippen LogP contribution in [0.1, 0.15) is 26.7 Å². The van der Waals surface area contributed by atoms with Gasteiger partial charge in [0.2, 0.25) is 0 Å². The highest BCUT2D eigenvalue weighted by Crippen LogP contribution is 2.24. The normalized spacial score (nSPS) is 14.3. The minimum atomic E-state index is -3.07.